The Bertz CT molecular complexity index is 550. The van der Waals surface area contributed by atoms with Gasteiger partial charge in [-0.05, 0) is 43.2 Å². The van der Waals surface area contributed by atoms with Crippen molar-refractivity contribution in [3.63, 3.8) is 0 Å². The van der Waals surface area contributed by atoms with Crippen LogP contribution < -0.4 is 10.1 Å². The second-order valence-electron chi connectivity index (χ2n) is 5.75. The molecule has 4 heteroatoms. The molecule has 0 aliphatic heterocycles. The average molecular weight is 270 g/mol. The standard InChI is InChI=1S/C16H18N2O2/c17-9-13-3-1-2-4-15(13)20-10-16(19)18-14-8-11-5-6-12(14)7-11/h1-4,11-12,14H,5-8,10H2,(H,18,19). The van der Waals surface area contributed by atoms with E-state index in [9.17, 15) is 4.79 Å². The molecule has 2 aliphatic carbocycles. The van der Waals surface area contributed by atoms with E-state index < -0.39 is 0 Å². The molecular weight excluding hydrogens is 252 g/mol. The summed E-state index contributed by atoms with van der Waals surface area (Å²) in [6, 6.07) is 9.36. The molecule has 1 N–H and O–H groups in total. The molecule has 3 unspecified atom stereocenters. The van der Waals surface area contributed by atoms with Crippen molar-refractivity contribution in [3.05, 3.63) is 29.8 Å². The predicted octanol–water partition coefficient (Wildman–Crippen LogP) is 2.24. The maximum atomic E-state index is 11.9. The molecule has 2 fully saturated rings. The van der Waals surface area contributed by atoms with Crippen molar-refractivity contribution in [1.29, 1.82) is 5.26 Å². The van der Waals surface area contributed by atoms with E-state index in [0.717, 1.165) is 12.3 Å². The zero-order valence-electron chi connectivity index (χ0n) is 11.3. The topological polar surface area (TPSA) is 62.1 Å². The molecule has 4 nitrogen and oxygen atoms in total. The summed E-state index contributed by atoms with van der Waals surface area (Å²) in [5.41, 5.74) is 0.459. The maximum Gasteiger partial charge on any atom is 0.258 e. The number of carbonyl (C=O) groups excluding carboxylic acids is 1. The van der Waals surface area contributed by atoms with Crippen LogP contribution in [0, 0.1) is 23.2 Å². The van der Waals surface area contributed by atoms with Gasteiger partial charge in [-0.3, -0.25) is 4.79 Å². The number of ether oxygens (including phenoxy) is 1. The molecule has 0 radical (unpaired) electrons. The van der Waals surface area contributed by atoms with E-state index in [0.29, 0.717) is 23.3 Å². The molecule has 1 aromatic carbocycles. The van der Waals surface area contributed by atoms with Crippen molar-refractivity contribution in [2.24, 2.45) is 11.8 Å². The van der Waals surface area contributed by atoms with Crippen LogP contribution in [-0.4, -0.2) is 18.6 Å². The number of fused-ring (bicyclic) bond motifs is 2. The van der Waals surface area contributed by atoms with Gasteiger partial charge in [0.25, 0.3) is 5.91 Å². The van der Waals surface area contributed by atoms with Gasteiger partial charge in [0.1, 0.15) is 11.8 Å². The van der Waals surface area contributed by atoms with Gasteiger partial charge in [-0.15, -0.1) is 0 Å². The van der Waals surface area contributed by atoms with Crippen molar-refractivity contribution >= 4 is 5.91 Å². The summed E-state index contributed by atoms with van der Waals surface area (Å²) in [7, 11) is 0. The molecule has 104 valence electrons. The smallest absolute Gasteiger partial charge is 0.258 e. The molecule has 2 saturated carbocycles. The molecule has 0 heterocycles. The first-order valence-corrected chi connectivity index (χ1v) is 7.17. The van der Waals surface area contributed by atoms with Gasteiger partial charge in [0.05, 0.1) is 5.56 Å². The molecule has 20 heavy (non-hydrogen) atoms. The van der Waals surface area contributed by atoms with Gasteiger partial charge in [0.15, 0.2) is 6.61 Å². The highest BCUT2D eigenvalue weighted by atomic mass is 16.5. The van der Waals surface area contributed by atoms with Crippen molar-refractivity contribution < 1.29 is 9.53 Å². The number of nitriles is 1. The number of nitrogens with one attached hydrogen (secondary N) is 1. The molecule has 2 bridgehead atoms. The lowest BCUT2D eigenvalue weighted by atomic mass is 9.95. The van der Waals surface area contributed by atoms with Crippen molar-refractivity contribution in [2.75, 3.05) is 6.61 Å². The monoisotopic (exact) mass is 270 g/mol. The number of nitrogens with zero attached hydrogens (tertiary/aromatic N) is 1. The quantitative estimate of drug-likeness (QED) is 0.912. The van der Waals surface area contributed by atoms with Crippen LogP contribution in [-0.2, 0) is 4.79 Å². The van der Waals surface area contributed by atoms with E-state index in [1.165, 1.54) is 19.3 Å². The van der Waals surface area contributed by atoms with Crippen LogP contribution in [0.15, 0.2) is 24.3 Å². The van der Waals surface area contributed by atoms with Crippen molar-refractivity contribution in [1.82, 2.24) is 5.32 Å². The summed E-state index contributed by atoms with van der Waals surface area (Å²) in [6.07, 6.45) is 4.95. The van der Waals surface area contributed by atoms with E-state index in [1.807, 2.05) is 0 Å². The van der Waals surface area contributed by atoms with Gasteiger partial charge in [-0.2, -0.15) is 5.26 Å². The highest BCUT2D eigenvalue weighted by molar-refractivity contribution is 5.78. The van der Waals surface area contributed by atoms with E-state index in [1.54, 1.807) is 24.3 Å². The summed E-state index contributed by atoms with van der Waals surface area (Å²) >= 11 is 0. The van der Waals surface area contributed by atoms with Gasteiger partial charge in [0.2, 0.25) is 0 Å². The summed E-state index contributed by atoms with van der Waals surface area (Å²) in [5.74, 6) is 1.86. The van der Waals surface area contributed by atoms with Crippen LogP contribution >= 0.6 is 0 Å². The van der Waals surface area contributed by atoms with Crippen LogP contribution in [0.1, 0.15) is 31.2 Å². The SMILES string of the molecule is N#Cc1ccccc1OCC(=O)NC1CC2CCC1C2. The third kappa shape index (κ3) is 2.62. The third-order valence-corrected chi connectivity index (χ3v) is 4.45. The minimum absolute atomic E-state index is 0.0213. The Morgan fingerprint density at radius 2 is 2.20 bits per heavy atom. The normalized spacial score (nSPS) is 27.1. The van der Waals surface area contributed by atoms with Crippen molar-refractivity contribution in [3.8, 4) is 11.8 Å². The largest absolute Gasteiger partial charge is 0.482 e. The maximum absolute atomic E-state index is 11.9. The lowest BCUT2D eigenvalue weighted by molar-refractivity contribution is -0.124. The number of amides is 1. The van der Waals surface area contributed by atoms with E-state index in [4.69, 9.17) is 10.00 Å². The van der Waals surface area contributed by atoms with Gasteiger partial charge in [-0.1, -0.05) is 18.6 Å². The average Bonchev–Trinajstić information content (AvgIpc) is 3.08. The molecular formula is C16H18N2O2. The van der Waals surface area contributed by atoms with Gasteiger partial charge < -0.3 is 10.1 Å². The van der Waals surface area contributed by atoms with E-state index in [-0.39, 0.29) is 12.5 Å². The molecule has 0 saturated heterocycles. The summed E-state index contributed by atoms with van der Waals surface area (Å²) in [5, 5.41) is 12.0. The van der Waals surface area contributed by atoms with Gasteiger partial charge in [0, 0.05) is 6.04 Å². The number of carbonyl (C=O) groups is 1. The Morgan fingerprint density at radius 3 is 2.90 bits per heavy atom. The number of para-hydroxylation sites is 1. The second-order valence-corrected chi connectivity index (χ2v) is 5.75. The molecule has 0 spiro atoms. The summed E-state index contributed by atoms with van der Waals surface area (Å²) < 4.78 is 5.45. The Hall–Kier alpha value is -2.02. The molecule has 3 atom stereocenters. The Kier molecular flexibility index (Phi) is 3.60. The van der Waals surface area contributed by atoms with Crippen LogP contribution in [0.3, 0.4) is 0 Å². The van der Waals surface area contributed by atoms with Crippen LogP contribution in [0.25, 0.3) is 0 Å². The fourth-order valence-corrected chi connectivity index (χ4v) is 3.50. The van der Waals surface area contributed by atoms with Gasteiger partial charge in [-0.25, -0.2) is 0 Å². The Morgan fingerprint density at radius 1 is 1.35 bits per heavy atom. The van der Waals surface area contributed by atoms with Crippen molar-refractivity contribution in [2.45, 2.75) is 31.7 Å². The highest BCUT2D eigenvalue weighted by Gasteiger charge is 2.40. The number of rotatable bonds is 4. The summed E-state index contributed by atoms with van der Waals surface area (Å²) in [6.45, 7) is -0.0213. The zero-order chi connectivity index (χ0) is 13.9. The number of benzene rings is 1. The molecule has 0 aromatic heterocycles. The molecule has 1 aromatic rings. The fourth-order valence-electron chi connectivity index (χ4n) is 3.50. The minimum Gasteiger partial charge on any atom is -0.482 e. The zero-order valence-corrected chi connectivity index (χ0v) is 11.3. The predicted molar refractivity (Wildman–Crippen MR) is 74.0 cm³/mol. The lowest BCUT2D eigenvalue weighted by Crippen LogP contribution is -2.40. The number of hydrogen-bond donors (Lipinski definition) is 1. The van der Waals surface area contributed by atoms with Crippen LogP contribution in [0.5, 0.6) is 5.75 Å². The molecule has 2 aliphatic rings. The molecule has 1 amide bonds. The van der Waals surface area contributed by atoms with Crippen LogP contribution in [0.4, 0.5) is 0 Å². The second kappa shape index (κ2) is 5.54. The minimum atomic E-state index is -0.0877. The van der Waals surface area contributed by atoms with Gasteiger partial charge >= 0.3 is 0 Å². The third-order valence-electron chi connectivity index (χ3n) is 4.45. The molecule has 3 rings (SSSR count). The first-order valence-electron chi connectivity index (χ1n) is 7.17. The summed E-state index contributed by atoms with van der Waals surface area (Å²) in [4.78, 5) is 11.9. The fraction of sp³-hybridized carbons (Fsp3) is 0.500. The van der Waals surface area contributed by atoms with E-state index in [2.05, 4.69) is 11.4 Å². The Labute approximate surface area is 118 Å². The lowest BCUT2D eigenvalue weighted by Gasteiger charge is -2.22. The Balaban J connectivity index is 1.51. The first kappa shape index (κ1) is 13.0. The first-order chi connectivity index (χ1) is 9.76. The highest BCUT2D eigenvalue weighted by Crippen LogP contribution is 2.44. The number of hydrogen-bond acceptors (Lipinski definition) is 3. The van der Waals surface area contributed by atoms with E-state index >= 15 is 0 Å². The van der Waals surface area contributed by atoms with Crippen LogP contribution in [0.2, 0.25) is 0 Å².